The fraction of sp³-hybridized carbons (Fsp3) is 0.381. The van der Waals surface area contributed by atoms with Crippen LogP contribution >= 0.6 is 11.3 Å². The number of hydrogen-bond donors (Lipinski definition) is 2. The number of hydrogen-bond acceptors (Lipinski definition) is 6. The molecule has 1 aliphatic carbocycles. The van der Waals surface area contributed by atoms with Crippen molar-refractivity contribution in [2.75, 3.05) is 17.7 Å². The molecule has 2 amide bonds. The highest BCUT2D eigenvalue weighted by molar-refractivity contribution is 7.17. The van der Waals surface area contributed by atoms with Gasteiger partial charge < -0.3 is 20.1 Å². The van der Waals surface area contributed by atoms with E-state index in [1.807, 2.05) is 13.0 Å². The average molecular weight is 414 g/mol. The smallest absolute Gasteiger partial charge is 0.341 e. The van der Waals surface area contributed by atoms with Crippen LogP contribution in [0.2, 0.25) is 0 Å². The van der Waals surface area contributed by atoms with Gasteiger partial charge in [-0.25, -0.2) is 4.79 Å². The average Bonchev–Trinajstić information content (AvgIpc) is 3.06. The molecule has 1 atom stereocenters. The van der Waals surface area contributed by atoms with Crippen LogP contribution in [0, 0.1) is 6.92 Å². The number of carbonyl (C=O) groups excluding carboxylic acids is 3. The quantitative estimate of drug-likeness (QED) is 0.593. The zero-order valence-corrected chi connectivity index (χ0v) is 17.3. The van der Waals surface area contributed by atoms with Gasteiger partial charge in [-0.05, 0) is 62.8 Å². The van der Waals surface area contributed by atoms with Crippen molar-refractivity contribution in [1.82, 2.24) is 0 Å². The molecule has 7 nitrogen and oxygen atoms in total. The Labute approximate surface area is 172 Å². The molecule has 152 valence electrons. The van der Waals surface area contributed by atoms with E-state index >= 15 is 0 Å². The predicted octanol–water partition coefficient (Wildman–Crippen LogP) is 3.45. The molecule has 1 aliphatic heterocycles. The standard InChI is InChI=1S/C21H22N2O5S/c1-11-8-9-14-13(10-11)22-19(25)21(2,28-14)20(26)23-17-16(18(24)27-3)12-6-4-5-7-15(12)29-17/h8-10H,4-7H2,1-3H3,(H,22,25)(H,23,26). The maximum atomic E-state index is 13.1. The van der Waals surface area contributed by atoms with Crippen LogP contribution in [-0.2, 0) is 27.2 Å². The van der Waals surface area contributed by atoms with E-state index in [1.165, 1.54) is 25.4 Å². The molecule has 0 saturated heterocycles. The van der Waals surface area contributed by atoms with E-state index in [1.54, 1.807) is 12.1 Å². The number of fused-ring (bicyclic) bond motifs is 2. The van der Waals surface area contributed by atoms with Gasteiger partial charge in [0.15, 0.2) is 0 Å². The summed E-state index contributed by atoms with van der Waals surface area (Å²) >= 11 is 1.37. The van der Waals surface area contributed by atoms with Crippen molar-refractivity contribution >= 4 is 39.8 Å². The third-order valence-corrected chi connectivity index (χ3v) is 6.56. The predicted molar refractivity (Wildman–Crippen MR) is 110 cm³/mol. The SMILES string of the molecule is COC(=O)c1c(NC(=O)C2(C)Oc3ccc(C)cc3NC2=O)sc2c1CCCC2. The Morgan fingerprint density at radius 2 is 2.03 bits per heavy atom. The Morgan fingerprint density at radius 1 is 1.28 bits per heavy atom. The van der Waals surface area contributed by atoms with Gasteiger partial charge in [-0.15, -0.1) is 11.3 Å². The molecule has 4 rings (SSSR count). The summed E-state index contributed by atoms with van der Waals surface area (Å²) in [4.78, 5) is 39.3. The second-order valence-corrected chi connectivity index (χ2v) is 8.55. The maximum Gasteiger partial charge on any atom is 0.341 e. The first kappa shape index (κ1) is 19.4. The van der Waals surface area contributed by atoms with E-state index < -0.39 is 23.4 Å². The lowest BCUT2D eigenvalue weighted by Crippen LogP contribution is -2.56. The van der Waals surface area contributed by atoms with Crippen LogP contribution in [0.5, 0.6) is 5.75 Å². The first-order valence-corrected chi connectivity index (χ1v) is 10.3. The first-order chi connectivity index (χ1) is 13.8. The molecule has 0 bridgehead atoms. The minimum absolute atomic E-state index is 0.386. The maximum absolute atomic E-state index is 13.1. The fourth-order valence-corrected chi connectivity index (χ4v) is 4.95. The number of esters is 1. The lowest BCUT2D eigenvalue weighted by atomic mass is 9.95. The number of benzene rings is 1. The van der Waals surface area contributed by atoms with Crippen LogP contribution in [0.1, 0.15) is 46.1 Å². The van der Waals surface area contributed by atoms with Crippen LogP contribution in [0.4, 0.5) is 10.7 Å². The van der Waals surface area contributed by atoms with Crippen molar-refractivity contribution in [3.8, 4) is 5.75 Å². The molecule has 0 spiro atoms. The zero-order chi connectivity index (χ0) is 20.8. The highest BCUT2D eigenvalue weighted by Gasteiger charge is 2.48. The molecule has 0 radical (unpaired) electrons. The van der Waals surface area contributed by atoms with Crippen molar-refractivity contribution in [3.63, 3.8) is 0 Å². The summed E-state index contributed by atoms with van der Waals surface area (Å²) in [7, 11) is 1.32. The van der Waals surface area contributed by atoms with Gasteiger partial charge >= 0.3 is 5.97 Å². The van der Waals surface area contributed by atoms with Crippen molar-refractivity contribution in [2.24, 2.45) is 0 Å². The van der Waals surface area contributed by atoms with Crippen LogP contribution < -0.4 is 15.4 Å². The summed E-state index contributed by atoms with van der Waals surface area (Å²) in [6.07, 6.45) is 3.66. The molecular formula is C21H22N2O5S. The van der Waals surface area contributed by atoms with Gasteiger partial charge in [-0.2, -0.15) is 0 Å². The summed E-state index contributed by atoms with van der Waals surface area (Å²) < 4.78 is 10.8. The van der Waals surface area contributed by atoms with Crippen LogP contribution in [0.25, 0.3) is 0 Å². The van der Waals surface area contributed by atoms with Gasteiger partial charge in [-0.3, -0.25) is 9.59 Å². The largest absolute Gasteiger partial charge is 0.466 e. The van der Waals surface area contributed by atoms with E-state index in [2.05, 4.69) is 10.6 Å². The Hall–Kier alpha value is -2.87. The van der Waals surface area contributed by atoms with Gasteiger partial charge in [0.25, 0.3) is 17.4 Å². The van der Waals surface area contributed by atoms with Crippen molar-refractivity contribution < 1.29 is 23.9 Å². The van der Waals surface area contributed by atoms with E-state index in [4.69, 9.17) is 9.47 Å². The highest BCUT2D eigenvalue weighted by atomic mass is 32.1. The van der Waals surface area contributed by atoms with Crippen molar-refractivity contribution in [3.05, 3.63) is 39.8 Å². The summed E-state index contributed by atoms with van der Waals surface area (Å²) in [5.74, 6) is -1.26. The Kier molecular flexibility index (Phi) is 4.82. The first-order valence-electron chi connectivity index (χ1n) is 9.49. The number of carbonyl (C=O) groups is 3. The number of rotatable bonds is 3. The summed E-state index contributed by atoms with van der Waals surface area (Å²) in [5, 5.41) is 5.90. The van der Waals surface area contributed by atoms with Gasteiger partial charge in [0.2, 0.25) is 0 Å². The van der Waals surface area contributed by atoms with Gasteiger partial charge in [-0.1, -0.05) is 6.07 Å². The molecule has 1 aromatic carbocycles. The second kappa shape index (κ2) is 7.18. The number of aryl methyl sites for hydroxylation is 2. The van der Waals surface area contributed by atoms with Crippen LogP contribution in [0.15, 0.2) is 18.2 Å². The summed E-state index contributed by atoms with van der Waals surface area (Å²) in [6.45, 7) is 3.33. The molecule has 8 heteroatoms. The topological polar surface area (TPSA) is 93.7 Å². The minimum Gasteiger partial charge on any atom is -0.466 e. The lowest BCUT2D eigenvalue weighted by Gasteiger charge is -2.33. The van der Waals surface area contributed by atoms with Gasteiger partial charge in [0, 0.05) is 4.88 Å². The van der Waals surface area contributed by atoms with Gasteiger partial charge in [0.1, 0.15) is 10.8 Å². The van der Waals surface area contributed by atoms with E-state index in [9.17, 15) is 14.4 Å². The molecular weight excluding hydrogens is 392 g/mol. The number of methoxy groups -OCH3 is 1. The molecule has 2 aliphatic rings. The minimum atomic E-state index is -1.76. The van der Waals surface area contributed by atoms with Crippen LogP contribution in [0.3, 0.4) is 0 Å². The second-order valence-electron chi connectivity index (χ2n) is 7.45. The fourth-order valence-electron chi connectivity index (χ4n) is 3.68. The third-order valence-electron chi connectivity index (χ3n) is 5.35. The van der Waals surface area contributed by atoms with Crippen molar-refractivity contribution in [1.29, 1.82) is 0 Å². The van der Waals surface area contributed by atoms with Crippen molar-refractivity contribution in [2.45, 2.75) is 45.1 Å². The van der Waals surface area contributed by atoms with Gasteiger partial charge in [0.05, 0.1) is 18.4 Å². The molecule has 29 heavy (non-hydrogen) atoms. The summed E-state index contributed by atoms with van der Waals surface area (Å²) in [6, 6.07) is 5.35. The Balaban J connectivity index is 1.66. The molecule has 0 fully saturated rings. The number of thiophene rings is 1. The monoisotopic (exact) mass is 414 g/mol. The summed E-state index contributed by atoms with van der Waals surface area (Å²) in [5.41, 5.74) is 1.05. The normalized spacial score (nSPS) is 20.0. The Bertz CT molecular complexity index is 1030. The van der Waals surface area contributed by atoms with E-state index in [0.717, 1.165) is 41.7 Å². The van der Waals surface area contributed by atoms with E-state index in [0.29, 0.717) is 22.0 Å². The number of nitrogens with one attached hydrogen (secondary N) is 2. The number of amides is 2. The van der Waals surface area contributed by atoms with E-state index in [-0.39, 0.29) is 0 Å². The highest BCUT2D eigenvalue weighted by Crippen LogP contribution is 2.40. The molecule has 1 unspecified atom stereocenters. The lowest BCUT2D eigenvalue weighted by molar-refractivity contribution is -0.143. The molecule has 2 N–H and O–H groups in total. The zero-order valence-electron chi connectivity index (χ0n) is 16.5. The molecule has 2 aromatic rings. The number of anilines is 2. The Morgan fingerprint density at radius 3 is 2.79 bits per heavy atom. The molecule has 1 aromatic heterocycles. The van der Waals surface area contributed by atoms with Crippen LogP contribution in [-0.4, -0.2) is 30.5 Å². The molecule has 2 heterocycles. The molecule has 0 saturated carbocycles. The third kappa shape index (κ3) is 3.27. The number of ether oxygens (including phenoxy) is 2.